The first-order valence-electron chi connectivity index (χ1n) is 13.0. The fraction of sp³-hybridized carbons (Fsp3) is 0.481. The molecule has 1 aromatic carbocycles. The van der Waals surface area contributed by atoms with Gasteiger partial charge in [0.1, 0.15) is 11.1 Å². The van der Waals surface area contributed by atoms with Crippen molar-refractivity contribution in [3.05, 3.63) is 52.4 Å². The number of carbonyl (C=O) groups excluding carboxylic acids is 2. The Kier molecular flexibility index (Phi) is 12.9. The van der Waals surface area contributed by atoms with Crippen LogP contribution in [0.5, 0.6) is 0 Å². The number of hydrogen-bond acceptors (Lipinski definition) is 9. The highest BCUT2D eigenvalue weighted by Crippen LogP contribution is 2.23. The number of carboxylic acids is 1. The maximum absolute atomic E-state index is 13.0. The number of aromatic nitrogens is 2. The highest BCUT2D eigenvalue weighted by molar-refractivity contribution is 6.32. The number of piperidine rings is 1. The third kappa shape index (κ3) is 10.8. The van der Waals surface area contributed by atoms with Crippen molar-refractivity contribution in [1.82, 2.24) is 20.3 Å². The summed E-state index contributed by atoms with van der Waals surface area (Å²) in [5.41, 5.74) is 4.44. The number of nitrogens with one attached hydrogen (secondary N) is 1. The molecule has 0 spiro atoms. The van der Waals surface area contributed by atoms with Crippen molar-refractivity contribution >= 4 is 35.3 Å². The zero-order chi connectivity index (χ0) is 31.4. The molecule has 1 fully saturated rings. The smallest absolute Gasteiger partial charge is 0.475 e. The molecule has 1 aliphatic rings. The fourth-order valence-corrected chi connectivity index (χ4v) is 4.14. The molecule has 15 heteroatoms. The third-order valence-electron chi connectivity index (χ3n) is 5.94. The number of nitrogens with zero attached hydrogens (tertiary/aromatic N) is 5. The largest absolute Gasteiger partial charge is 0.490 e. The number of rotatable bonds is 9. The molecule has 2 heterocycles. The second-order valence-electron chi connectivity index (χ2n) is 9.72. The molecule has 1 aromatic heterocycles. The van der Waals surface area contributed by atoms with E-state index in [1.807, 2.05) is 39.0 Å². The lowest BCUT2D eigenvalue weighted by Crippen LogP contribution is -2.45. The molecule has 11 nitrogen and oxygen atoms in total. The molecule has 0 aliphatic carbocycles. The predicted molar refractivity (Wildman–Crippen MR) is 146 cm³/mol. The average Bonchev–Trinajstić information content (AvgIpc) is 2.93. The molecule has 0 radical (unpaired) electrons. The number of esters is 1. The molecule has 0 saturated carbocycles. The Morgan fingerprint density at radius 2 is 1.83 bits per heavy atom. The Hall–Kier alpha value is -3.96. The first-order chi connectivity index (χ1) is 19.7. The summed E-state index contributed by atoms with van der Waals surface area (Å²) < 4.78 is 36.9. The number of benzene rings is 1. The van der Waals surface area contributed by atoms with Crippen molar-refractivity contribution in [3.8, 4) is 6.07 Å². The van der Waals surface area contributed by atoms with Crippen molar-refractivity contribution in [2.75, 3.05) is 31.3 Å². The van der Waals surface area contributed by atoms with Gasteiger partial charge < -0.3 is 9.84 Å². The van der Waals surface area contributed by atoms with Crippen LogP contribution in [0.4, 0.5) is 19.0 Å². The van der Waals surface area contributed by atoms with Crippen molar-refractivity contribution in [2.24, 2.45) is 11.8 Å². The molecule has 0 unspecified atom stereocenters. The molecule has 228 valence electrons. The van der Waals surface area contributed by atoms with Gasteiger partial charge in [0, 0.05) is 18.7 Å². The van der Waals surface area contributed by atoms with Gasteiger partial charge in [-0.2, -0.15) is 23.4 Å². The van der Waals surface area contributed by atoms with Gasteiger partial charge >= 0.3 is 18.1 Å². The van der Waals surface area contributed by atoms with Crippen LogP contribution >= 0.6 is 11.6 Å². The minimum absolute atomic E-state index is 0.0151. The van der Waals surface area contributed by atoms with Crippen molar-refractivity contribution in [2.45, 2.75) is 46.3 Å². The van der Waals surface area contributed by atoms with Gasteiger partial charge in [-0.1, -0.05) is 37.6 Å². The van der Waals surface area contributed by atoms with Gasteiger partial charge in [0.05, 0.1) is 18.7 Å². The van der Waals surface area contributed by atoms with Crippen LogP contribution in [0.25, 0.3) is 0 Å². The number of anilines is 1. The maximum Gasteiger partial charge on any atom is 0.490 e. The van der Waals surface area contributed by atoms with Crippen LogP contribution in [0, 0.1) is 23.2 Å². The van der Waals surface area contributed by atoms with Crippen LogP contribution < -0.4 is 10.4 Å². The maximum atomic E-state index is 13.0. The predicted octanol–water partition coefficient (Wildman–Crippen LogP) is 4.22. The van der Waals surface area contributed by atoms with E-state index in [9.17, 15) is 22.8 Å². The molecule has 1 amide bonds. The monoisotopic (exact) mass is 612 g/mol. The summed E-state index contributed by atoms with van der Waals surface area (Å²) >= 11 is 6.26. The van der Waals surface area contributed by atoms with Crippen LogP contribution in [0.1, 0.15) is 55.4 Å². The lowest BCUT2D eigenvalue weighted by molar-refractivity contribution is -0.192. The van der Waals surface area contributed by atoms with E-state index in [4.69, 9.17) is 31.5 Å². The third-order valence-corrected chi connectivity index (χ3v) is 6.20. The van der Waals surface area contributed by atoms with Gasteiger partial charge in [0.15, 0.2) is 5.82 Å². The number of ether oxygens (including phenoxy) is 1. The Labute approximate surface area is 246 Å². The number of halogens is 4. The number of alkyl halides is 3. The Bertz CT molecular complexity index is 1260. The second-order valence-corrected chi connectivity index (χ2v) is 10.1. The van der Waals surface area contributed by atoms with E-state index in [2.05, 4.69) is 20.3 Å². The van der Waals surface area contributed by atoms with Crippen LogP contribution in [-0.4, -0.2) is 70.2 Å². The molecule has 2 aromatic rings. The molecular formula is C27H32ClF3N6O5. The Morgan fingerprint density at radius 1 is 1.24 bits per heavy atom. The van der Waals surface area contributed by atoms with Gasteiger partial charge in [-0.3, -0.25) is 24.9 Å². The number of likely N-dealkylation sites (tertiary alicyclic amines) is 1. The Morgan fingerprint density at radius 3 is 2.33 bits per heavy atom. The normalized spacial score (nSPS) is 13.9. The summed E-state index contributed by atoms with van der Waals surface area (Å²) in [6.07, 6.45) is -2.14. The van der Waals surface area contributed by atoms with Crippen LogP contribution in [-0.2, 0) is 20.9 Å². The number of hydrogen-bond donors (Lipinski definition) is 2. The summed E-state index contributed by atoms with van der Waals surface area (Å²) in [5.74, 6) is -2.72. The number of aliphatic carboxylic acids is 1. The second kappa shape index (κ2) is 15.9. The lowest BCUT2D eigenvalue weighted by Gasteiger charge is -2.30. The molecule has 0 atom stereocenters. The molecule has 3 rings (SSSR count). The number of carboxylic acid groups (broad SMARTS) is 1. The van der Waals surface area contributed by atoms with Crippen molar-refractivity contribution in [3.63, 3.8) is 0 Å². The van der Waals surface area contributed by atoms with Gasteiger partial charge in [-0.05, 0) is 56.5 Å². The number of amides is 1. The molecule has 42 heavy (non-hydrogen) atoms. The standard InChI is InChI=1S/C25H31ClN6O3.C2HF3O2/c1-4-35-25(34)20-9-11-31(12-10-20)16-18-5-7-19(8-6-18)24(33)30-32(15-17(2)3)23-21(26)14-28-22(13-27)29-23;3-2(4,5)1(6)7/h5-8,14,17,20H,4,9-12,15-16H2,1-3H3,(H,30,33);(H,6,7). The van der Waals surface area contributed by atoms with Gasteiger partial charge in [0.25, 0.3) is 5.91 Å². The average molecular weight is 613 g/mol. The number of hydrazine groups is 1. The molecule has 1 aliphatic heterocycles. The first kappa shape index (κ1) is 34.2. The highest BCUT2D eigenvalue weighted by atomic mass is 35.5. The van der Waals surface area contributed by atoms with E-state index >= 15 is 0 Å². The number of carbonyl (C=O) groups is 3. The summed E-state index contributed by atoms with van der Waals surface area (Å²) in [4.78, 5) is 44.1. The molecule has 0 bridgehead atoms. The van der Waals surface area contributed by atoms with E-state index in [0.717, 1.165) is 38.0 Å². The summed E-state index contributed by atoms with van der Waals surface area (Å²) in [5, 5.41) is 18.1. The number of nitriles is 1. The van der Waals surface area contributed by atoms with E-state index < -0.39 is 12.1 Å². The fourth-order valence-electron chi connectivity index (χ4n) is 3.95. The summed E-state index contributed by atoms with van der Waals surface area (Å²) in [6.45, 7) is 9.13. The van der Waals surface area contributed by atoms with E-state index in [1.54, 1.807) is 17.1 Å². The zero-order valence-electron chi connectivity index (χ0n) is 23.3. The molecular weight excluding hydrogens is 581 g/mol. The van der Waals surface area contributed by atoms with E-state index in [0.29, 0.717) is 18.7 Å². The quantitative estimate of drug-likeness (QED) is 0.311. The van der Waals surface area contributed by atoms with Gasteiger partial charge in [0.2, 0.25) is 5.82 Å². The topological polar surface area (TPSA) is 149 Å². The van der Waals surface area contributed by atoms with E-state index in [-0.39, 0.29) is 40.4 Å². The van der Waals surface area contributed by atoms with E-state index in [1.165, 1.54) is 6.20 Å². The Balaban J connectivity index is 0.000000782. The van der Waals surface area contributed by atoms with Crippen molar-refractivity contribution in [1.29, 1.82) is 5.26 Å². The SMILES string of the molecule is CCOC(=O)C1CCN(Cc2ccc(C(=O)NN(CC(C)C)c3nc(C#N)ncc3Cl)cc2)CC1.O=C(O)C(F)(F)F. The minimum atomic E-state index is -5.08. The minimum Gasteiger partial charge on any atom is -0.475 e. The molecule has 1 saturated heterocycles. The van der Waals surface area contributed by atoms with Crippen LogP contribution in [0.15, 0.2) is 30.5 Å². The molecule has 2 N–H and O–H groups in total. The lowest BCUT2D eigenvalue weighted by atomic mass is 9.96. The van der Waals surface area contributed by atoms with Gasteiger partial charge in [-0.25, -0.2) is 9.78 Å². The summed E-state index contributed by atoms with van der Waals surface area (Å²) in [6, 6.07) is 9.33. The summed E-state index contributed by atoms with van der Waals surface area (Å²) in [7, 11) is 0. The highest BCUT2D eigenvalue weighted by Gasteiger charge is 2.38. The van der Waals surface area contributed by atoms with Gasteiger partial charge in [-0.15, -0.1) is 0 Å². The first-order valence-corrected chi connectivity index (χ1v) is 13.4. The van der Waals surface area contributed by atoms with Crippen LogP contribution in [0.3, 0.4) is 0 Å². The van der Waals surface area contributed by atoms with Crippen LogP contribution in [0.2, 0.25) is 5.02 Å². The van der Waals surface area contributed by atoms with Crippen molar-refractivity contribution < 1.29 is 37.4 Å². The zero-order valence-corrected chi connectivity index (χ0v) is 24.1.